The maximum atomic E-state index is 11.3. The topological polar surface area (TPSA) is 88.8 Å². The highest BCUT2D eigenvalue weighted by Gasteiger charge is 2.17. The van der Waals surface area contributed by atoms with E-state index in [0.717, 1.165) is 11.9 Å². The maximum absolute atomic E-state index is 11.3. The van der Waals surface area contributed by atoms with Gasteiger partial charge in [0.2, 0.25) is 5.71 Å². The molecule has 0 bridgehead atoms. The molecule has 7 heteroatoms. The van der Waals surface area contributed by atoms with Crippen LogP contribution in [0.3, 0.4) is 0 Å². The standard InChI is InChI=1S/C11H16N2O4S/c1-5-16-10(15)8(6-12)13-18-7-9(14)17-11(2,3)4/h5,7H2,1-4H3. The van der Waals surface area contributed by atoms with Crippen molar-refractivity contribution in [1.29, 1.82) is 5.26 Å². The summed E-state index contributed by atoms with van der Waals surface area (Å²) in [7, 11) is 0. The lowest BCUT2D eigenvalue weighted by Crippen LogP contribution is -2.24. The minimum Gasteiger partial charge on any atom is -0.461 e. The van der Waals surface area contributed by atoms with Crippen LogP contribution in [0.1, 0.15) is 27.7 Å². The molecule has 0 radical (unpaired) electrons. The molecule has 0 atom stereocenters. The molecule has 0 aliphatic rings. The Labute approximate surface area is 110 Å². The van der Waals surface area contributed by atoms with Crippen molar-refractivity contribution in [2.75, 3.05) is 12.4 Å². The Morgan fingerprint density at radius 2 is 2.00 bits per heavy atom. The van der Waals surface area contributed by atoms with E-state index in [1.54, 1.807) is 33.8 Å². The number of esters is 2. The SMILES string of the molecule is CCOC(=O)C(C#N)=NSCC(=O)OC(C)(C)C. The van der Waals surface area contributed by atoms with E-state index in [0.29, 0.717) is 0 Å². The number of ether oxygens (including phenoxy) is 2. The number of nitrogens with zero attached hydrogens (tertiary/aromatic N) is 2. The van der Waals surface area contributed by atoms with E-state index >= 15 is 0 Å². The van der Waals surface area contributed by atoms with Gasteiger partial charge in [0.15, 0.2) is 0 Å². The Balaban J connectivity index is 4.26. The molecule has 0 aliphatic carbocycles. The minimum absolute atomic E-state index is 0.0676. The van der Waals surface area contributed by atoms with E-state index in [1.807, 2.05) is 0 Å². The monoisotopic (exact) mass is 272 g/mol. The third-order valence-corrected chi connectivity index (χ3v) is 2.01. The lowest BCUT2D eigenvalue weighted by molar-refractivity contribution is -0.151. The summed E-state index contributed by atoms with van der Waals surface area (Å²) >= 11 is 0.779. The molecule has 0 N–H and O–H groups in total. The lowest BCUT2D eigenvalue weighted by atomic mass is 10.2. The van der Waals surface area contributed by atoms with Gasteiger partial charge in [-0.2, -0.15) is 9.66 Å². The molecule has 0 heterocycles. The smallest absolute Gasteiger partial charge is 0.368 e. The molecular formula is C11H16N2O4S. The number of carbonyl (C=O) groups is 2. The van der Waals surface area contributed by atoms with Crippen LogP contribution in [0.5, 0.6) is 0 Å². The highest BCUT2D eigenvalue weighted by molar-refractivity contribution is 7.98. The normalized spacial score (nSPS) is 11.6. The molecule has 6 nitrogen and oxygen atoms in total. The summed E-state index contributed by atoms with van der Waals surface area (Å²) in [5.41, 5.74) is -0.939. The Morgan fingerprint density at radius 3 is 2.44 bits per heavy atom. The molecular weight excluding hydrogens is 256 g/mol. The van der Waals surface area contributed by atoms with Gasteiger partial charge in [-0.1, -0.05) is 0 Å². The van der Waals surface area contributed by atoms with E-state index in [2.05, 4.69) is 9.13 Å². The average Bonchev–Trinajstić information content (AvgIpc) is 2.22. The first-order valence-corrected chi connectivity index (χ1v) is 6.23. The van der Waals surface area contributed by atoms with Gasteiger partial charge < -0.3 is 9.47 Å². The molecule has 0 aromatic carbocycles. The Bertz CT molecular complexity index is 379. The number of carbonyl (C=O) groups excluding carboxylic acids is 2. The van der Waals surface area contributed by atoms with E-state index in [4.69, 9.17) is 10.00 Å². The summed E-state index contributed by atoms with van der Waals surface area (Å²) in [4.78, 5) is 22.5. The van der Waals surface area contributed by atoms with E-state index in [-0.39, 0.29) is 18.1 Å². The molecule has 0 amide bonds. The van der Waals surface area contributed by atoms with Crippen molar-refractivity contribution < 1.29 is 19.1 Å². The van der Waals surface area contributed by atoms with Crippen LogP contribution in [0.4, 0.5) is 0 Å². The number of rotatable bonds is 5. The van der Waals surface area contributed by atoms with E-state index in [1.165, 1.54) is 0 Å². The molecule has 0 saturated heterocycles. The maximum Gasteiger partial charge on any atom is 0.368 e. The summed E-state index contributed by atoms with van der Waals surface area (Å²) in [6, 6.07) is 1.61. The number of nitriles is 1. The van der Waals surface area contributed by atoms with Crippen molar-refractivity contribution in [3.8, 4) is 6.07 Å². The second-order valence-corrected chi connectivity index (χ2v) is 4.86. The summed E-state index contributed by atoms with van der Waals surface area (Å²) in [5, 5.41) is 8.66. The van der Waals surface area contributed by atoms with Crippen molar-refractivity contribution >= 4 is 29.6 Å². The summed E-state index contributed by atoms with van der Waals surface area (Å²) in [6.45, 7) is 7.03. The first-order chi connectivity index (χ1) is 8.30. The van der Waals surface area contributed by atoms with Gasteiger partial charge in [0.1, 0.15) is 17.4 Å². The zero-order chi connectivity index (χ0) is 14.2. The third kappa shape index (κ3) is 7.68. The molecule has 0 aromatic rings. The van der Waals surface area contributed by atoms with Gasteiger partial charge in [0.25, 0.3) is 0 Å². The fourth-order valence-electron chi connectivity index (χ4n) is 0.823. The van der Waals surface area contributed by atoms with E-state index in [9.17, 15) is 9.59 Å². The molecule has 0 fully saturated rings. The van der Waals surface area contributed by atoms with Gasteiger partial charge in [0.05, 0.1) is 6.61 Å². The molecule has 0 aliphatic heterocycles. The Kier molecular flexibility index (Phi) is 7.05. The molecule has 0 aromatic heterocycles. The number of hydrogen-bond donors (Lipinski definition) is 0. The van der Waals surface area contributed by atoms with Gasteiger partial charge in [-0.15, -0.1) is 0 Å². The Morgan fingerprint density at radius 1 is 1.39 bits per heavy atom. The average molecular weight is 272 g/mol. The molecule has 0 unspecified atom stereocenters. The van der Waals surface area contributed by atoms with Crippen LogP contribution in [0.15, 0.2) is 4.40 Å². The summed E-state index contributed by atoms with van der Waals surface area (Å²) in [6.07, 6.45) is 0. The first-order valence-electron chi connectivity index (χ1n) is 5.29. The first kappa shape index (κ1) is 16.4. The number of hydrogen-bond acceptors (Lipinski definition) is 7. The van der Waals surface area contributed by atoms with Crippen LogP contribution >= 0.6 is 11.9 Å². The van der Waals surface area contributed by atoms with Crippen molar-refractivity contribution in [1.82, 2.24) is 0 Å². The van der Waals surface area contributed by atoms with Crippen molar-refractivity contribution in [2.45, 2.75) is 33.3 Å². The van der Waals surface area contributed by atoms with Crippen LogP contribution < -0.4 is 0 Å². The second kappa shape index (κ2) is 7.71. The quantitative estimate of drug-likeness (QED) is 0.428. The van der Waals surface area contributed by atoms with E-state index < -0.39 is 17.5 Å². The van der Waals surface area contributed by atoms with Crippen molar-refractivity contribution in [2.24, 2.45) is 4.40 Å². The van der Waals surface area contributed by atoms with Crippen LogP contribution in [0, 0.1) is 11.3 Å². The molecule has 100 valence electrons. The van der Waals surface area contributed by atoms with Crippen LogP contribution in [-0.4, -0.2) is 35.6 Å². The minimum atomic E-state index is -0.795. The van der Waals surface area contributed by atoms with Crippen LogP contribution in [0.2, 0.25) is 0 Å². The van der Waals surface area contributed by atoms with Crippen molar-refractivity contribution in [3.05, 3.63) is 0 Å². The molecule has 0 spiro atoms. The predicted octanol–water partition coefficient (Wildman–Crippen LogP) is 1.50. The second-order valence-electron chi connectivity index (χ2n) is 4.13. The third-order valence-electron chi connectivity index (χ3n) is 1.33. The molecule has 18 heavy (non-hydrogen) atoms. The summed E-state index contributed by atoms with van der Waals surface area (Å²) < 4.78 is 13.3. The highest BCUT2D eigenvalue weighted by Crippen LogP contribution is 2.10. The zero-order valence-corrected chi connectivity index (χ0v) is 11.7. The molecule has 0 rings (SSSR count). The van der Waals surface area contributed by atoms with Gasteiger partial charge in [0, 0.05) is 0 Å². The lowest BCUT2D eigenvalue weighted by Gasteiger charge is -2.18. The fraction of sp³-hybridized carbons (Fsp3) is 0.636. The predicted molar refractivity (Wildman–Crippen MR) is 68.0 cm³/mol. The van der Waals surface area contributed by atoms with Crippen molar-refractivity contribution in [3.63, 3.8) is 0 Å². The summed E-state index contributed by atoms with van der Waals surface area (Å²) in [5.74, 6) is -1.32. The van der Waals surface area contributed by atoms with Gasteiger partial charge in [-0.05, 0) is 39.6 Å². The largest absolute Gasteiger partial charge is 0.461 e. The van der Waals surface area contributed by atoms with Crippen LogP contribution in [-0.2, 0) is 19.1 Å². The zero-order valence-electron chi connectivity index (χ0n) is 10.8. The van der Waals surface area contributed by atoms with Crippen LogP contribution in [0.25, 0.3) is 0 Å². The molecule has 0 saturated carbocycles. The fourth-order valence-corrected chi connectivity index (χ4v) is 1.30. The highest BCUT2D eigenvalue weighted by atomic mass is 32.2. The Hall–Kier alpha value is -1.55. The van der Waals surface area contributed by atoms with Gasteiger partial charge in [-0.3, -0.25) is 4.79 Å². The van der Waals surface area contributed by atoms with Gasteiger partial charge in [-0.25, -0.2) is 4.79 Å². The van der Waals surface area contributed by atoms with Gasteiger partial charge >= 0.3 is 11.9 Å².